The molecule has 0 saturated heterocycles. The molecule has 1 N–H and O–H groups in total. The van der Waals surface area contributed by atoms with E-state index in [0.717, 1.165) is 29.3 Å². The molecule has 0 saturated carbocycles. The lowest BCUT2D eigenvalue weighted by Crippen LogP contribution is -2.16. The van der Waals surface area contributed by atoms with Gasteiger partial charge in [-0.3, -0.25) is 14.9 Å². The minimum Gasteiger partial charge on any atom is -0.457 e. The number of nitrogens with zero attached hydrogens (tertiary/aromatic N) is 4. The smallest absolute Gasteiger partial charge is 0.433 e. The Labute approximate surface area is 196 Å². The SMILES string of the molecule is Cc1ccc(C)c(Oc2cc(NC(=O)c3cc4nc(C)cc(C(F)(F)F)n4n3)cc([N+](=O)[O-])c2)c1. The first-order valence-corrected chi connectivity index (χ1v) is 10.2. The number of nitro benzene ring substituents is 1. The zero-order chi connectivity index (χ0) is 25.5. The Kier molecular flexibility index (Phi) is 5.89. The molecule has 0 aliphatic rings. The summed E-state index contributed by atoms with van der Waals surface area (Å²) in [6.07, 6.45) is -4.72. The molecule has 0 aliphatic heterocycles. The molecule has 35 heavy (non-hydrogen) atoms. The van der Waals surface area contributed by atoms with Gasteiger partial charge in [0, 0.05) is 23.9 Å². The number of ether oxygens (including phenoxy) is 1. The summed E-state index contributed by atoms with van der Waals surface area (Å²) in [6.45, 7) is 5.06. The Bertz CT molecular complexity index is 1480. The number of aryl methyl sites for hydroxylation is 3. The normalized spacial score (nSPS) is 11.5. The van der Waals surface area contributed by atoms with Gasteiger partial charge in [0.05, 0.1) is 16.7 Å². The van der Waals surface area contributed by atoms with Crippen LogP contribution < -0.4 is 10.1 Å². The van der Waals surface area contributed by atoms with Crippen LogP contribution in [0.25, 0.3) is 5.65 Å². The molecule has 0 aliphatic carbocycles. The minimum atomic E-state index is -4.72. The first kappa shape index (κ1) is 23.7. The molecule has 12 heteroatoms. The molecular formula is C23H18F3N5O4. The first-order valence-electron chi connectivity index (χ1n) is 10.2. The number of nitro groups is 1. The second-order valence-electron chi connectivity index (χ2n) is 7.88. The van der Waals surface area contributed by atoms with Crippen LogP contribution in [0.3, 0.4) is 0 Å². The number of benzene rings is 2. The van der Waals surface area contributed by atoms with Crippen molar-refractivity contribution in [1.82, 2.24) is 14.6 Å². The highest BCUT2D eigenvalue weighted by molar-refractivity contribution is 6.03. The summed E-state index contributed by atoms with van der Waals surface area (Å²) in [5.41, 5.74) is -0.143. The maximum absolute atomic E-state index is 13.4. The molecule has 0 spiro atoms. The molecule has 9 nitrogen and oxygen atoms in total. The van der Waals surface area contributed by atoms with Crippen LogP contribution in [0.2, 0.25) is 0 Å². The number of halogens is 3. The van der Waals surface area contributed by atoms with Gasteiger partial charge in [-0.25, -0.2) is 9.50 Å². The number of non-ortho nitro benzene ring substituents is 1. The van der Waals surface area contributed by atoms with Crippen LogP contribution >= 0.6 is 0 Å². The van der Waals surface area contributed by atoms with Crippen molar-refractivity contribution in [1.29, 1.82) is 0 Å². The van der Waals surface area contributed by atoms with Crippen LogP contribution in [0.15, 0.2) is 48.5 Å². The van der Waals surface area contributed by atoms with E-state index in [-0.39, 0.29) is 34.2 Å². The van der Waals surface area contributed by atoms with Crippen LogP contribution in [0.1, 0.15) is 33.0 Å². The summed E-state index contributed by atoms with van der Waals surface area (Å²) in [7, 11) is 0. The minimum absolute atomic E-state index is 0.00162. The van der Waals surface area contributed by atoms with E-state index in [1.165, 1.54) is 19.1 Å². The topological polar surface area (TPSA) is 112 Å². The van der Waals surface area contributed by atoms with Gasteiger partial charge in [-0.15, -0.1) is 0 Å². The quantitative estimate of drug-likeness (QED) is 0.290. The highest BCUT2D eigenvalue weighted by Gasteiger charge is 2.35. The van der Waals surface area contributed by atoms with Gasteiger partial charge in [-0.1, -0.05) is 12.1 Å². The van der Waals surface area contributed by atoms with Gasteiger partial charge in [0.2, 0.25) is 0 Å². The molecule has 2 aromatic carbocycles. The van der Waals surface area contributed by atoms with Crippen molar-refractivity contribution < 1.29 is 27.6 Å². The van der Waals surface area contributed by atoms with E-state index in [2.05, 4.69) is 15.4 Å². The van der Waals surface area contributed by atoms with E-state index in [1.54, 1.807) is 6.07 Å². The van der Waals surface area contributed by atoms with Crippen LogP contribution in [0.5, 0.6) is 11.5 Å². The van der Waals surface area contributed by atoms with E-state index in [9.17, 15) is 28.1 Å². The maximum Gasteiger partial charge on any atom is 0.433 e. The fraction of sp³-hybridized carbons (Fsp3) is 0.174. The standard InChI is InChI=1S/C23H18F3N5O4/c1-12-4-5-13(2)19(6-12)35-17-9-15(8-16(10-17)31(33)34)28-22(32)18-11-21-27-14(3)7-20(23(24,25)26)30(21)29-18/h4-11H,1-3H3,(H,28,32). The third kappa shape index (κ3) is 5.05. The second kappa shape index (κ2) is 8.70. The lowest BCUT2D eigenvalue weighted by molar-refractivity contribution is -0.384. The fourth-order valence-corrected chi connectivity index (χ4v) is 3.37. The lowest BCUT2D eigenvalue weighted by Gasteiger charge is -2.11. The van der Waals surface area contributed by atoms with Crippen molar-refractivity contribution in [3.05, 3.63) is 86.9 Å². The second-order valence-corrected chi connectivity index (χ2v) is 7.88. The van der Waals surface area contributed by atoms with Gasteiger partial charge < -0.3 is 10.1 Å². The van der Waals surface area contributed by atoms with Crippen LogP contribution in [-0.4, -0.2) is 25.4 Å². The number of nitrogens with one attached hydrogen (secondary N) is 1. The summed E-state index contributed by atoms with van der Waals surface area (Å²) in [4.78, 5) is 27.5. The zero-order valence-electron chi connectivity index (χ0n) is 18.7. The Hall–Kier alpha value is -4.48. The van der Waals surface area contributed by atoms with Crippen LogP contribution in [0.4, 0.5) is 24.5 Å². The average Bonchev–Trinajstić information content (AvgIpc) is 3.19. The van der Waals surface area contributed by atoms with E-state index in [4.69, 9.17) is 4.74 Å². The molecule has 180 valence electrons. The number of amides is 1. The average molecular weight is 485 g/mol. The van der Waals surface area contributed by atoms with E-state index in [0.29, 0.717) is 10.3 Å². The number of hydrogen-bond donors (Lipinski definition) is 1. The molecule has 4 rings (SSSR count). The number of anilines is 1. The predicted octanol–water partition coefficient (Wildman–Crippen LogP) is 5.63. The highest BCUT2D eigenvalue weighted by Crippen LogP contribution is 2.32. The molecule has 4 aromatic rings. The number of hydrogen-bond acceptors (Lipinski definition) is 6. The molecule has 2 aromatic heterocycles. The van der Waals surface area contributed by atoms with Gasteiger partial charge in [0.15, 0.2) is 11.3 Å². The van der Waals surface area contributed by atoms with Crippen molar-refractivity contribution in [2.45, 2.75) is 26.9 Å². The monoisotopic (exact) mass is 485 g/mol. The maximum atomic E-state index is 13.4. The van der Waals surface area contributed by atoms with E-state index >= 15 is 0 Å². The molecule has 0 bridgehead atoms. The molecule has 2 heterocycles. The Morgan fingerprint density at radius 1 is 1.09 bits per heavy atom. The number of aromatic nitrogens is 3. The molecule has 0 unspecified atom stereocenters. The summed E-state index contributed by atoms with van der Waals surface area (Å²) in [6, 6.07) is 11.1. The Morgan fingerprint density at radius 2 is 1.83 bits per heavy atom. The Balaban J connectivity index is 1.68. The number of carbonyl (C=O) groups is 1. The van der Waals surface area contributed by atoms with Gasteiger partial charge in [0.1, 0.15) is 17.2 Å². The van der Waals surface area contributed by atoms with Crippen molar-refractivity contribution in [3.8, 4) is 11.5 Å². The molecule has 0 radical (unpaired) electrons. The summed E-state index contributed by atoms with van der Waals surface area (Å²) in [5, 5.41) is 17.6. The summed E-state index contributed by atoms with van der Waals surface area (Å²) in [5.74, 6) is -0.307. The van der Waals surface area contributed by atoms with Gasteiger partial charge in [-0.05, 0) is 44.0 Å². The summed E-state index contributed by atoms with van der Waals surface area (Å²) >= 11 is 0. The molecule has 0 atom stereocenters. The Morgan fingerprint density at radius 3 is 2.51 bits per heavy atom. The van der Waals surface area contributed by atoms with Crippen LogP contribution in [0, 0.1) is 30.9 Å². The fourth-order valence-electron chi connectivity index (χ4n) is 3.37. The predicted molar refractivity (Wildman–Crippen MR) is 120 cm³/mol. The van der Waals surface area contributed by atoms with Crippen molar-refractivity contribution in [2.24, 2.45) is 0 Å². The largest absolute Gasteiger partial charge is 0.457 e. The number of rotatable bonds is 5. The molecule has 1 amide bonds. The van der Waals surface area contributed by atoms with Gasteiger partial charge in [0.25, 0.3) is 11.6 Å². The molecule has 0 fully saturated rings. The van der Waals surface area contributed by atoms with Crippen LogP contribution in [-0.2, 0) is 6.18 Å². The third-order valence-electron chi connectivity index (χ3n) is 5.01. The van der Waals surface area contributed by atoms with Gasteiger partial charge >= 0.3 is 6.18 Å². The summed E-state index contributed by atoms with van der Waals surface area (Å²) < 4.78 is 46.5. The van der Waals surface area contributed by atoms with E-state index in [1.807, 2.05) is 26.0 Å². The third-order valence-corrected chi connectivity index (χ3v) is 5.01. The number of fused-ring (bicyclic) bond motifs is 1. The zero-order valence-corrected chi connectivity index (χ0v) is 18.7. The van der Waals surface area contributed by atoms with Crippen molar-refractivity contribution in [2.75, 3.05) is 5.32 Å². The molecular weight excluding hydrogens is 467 g/mol. The number of carbonyl (C=O) groups excluding carboxylic acids is 1. The first-order chi connectivity index (χ1) is 16.4. The highest BCUT2D eigenvalue weighted by atomic mass is 19.4. The van der Waals surface area contributed by atoms with Crippen molar-refractivity contribution >= 4 is 22.9 Å². The van der Waals surface area contributed by atoms with Gasteiger partial charge in [-0.2, -0.15) is 18.3 Å². The number of alkyl halides is 3. The van der Waals surface area contributed by atoms with Crippen molar-refractivity contribution in [3.63, 3.8) is 0 Å². The lowest BCUT2D eigenvalue weighted by atomic mass is 10.1. The van der Waals surface area contributed by atoms with E-state index < -0.39 is 22.7 Å².